The van der Waals surface area contributed by atoms with E-state index in [1.807, 2.05) is 33.8 Å². The molecule has 0 fully saturated rings. The lowest BCUT2D eigenvalue weighted by atomic mass is 9.96. The average Bonchev–Trinajstić information content (AvgIpc) is 2.62. The minimum atomic E-state index is 0.0856. The first kappa shape index (κ1) is 16.7. The van der Waals surface area contributed by atoms with Crippen molar-refractivity contribution in [2.75, 3.05) is 0 Å². The van der Waals surface area contributed by atoms with Gasteiger partial charge in [-0.15, -0.1) is 0 Å². The Bertz CT molecular complexity index is 1090. The van der Waals surface area contributed by atoms with E-state index in [1.165, 1.54) is 26.9 Å². The van der Waals surface area contributed by atoms with Crippen molar-refractivity contribution in [2.24, 2.45) is 0 Å². The number of rotatable bonds is 4. The van der Waals surface area contributed by atoms with Crippen LogP contribution in [0.25, 0.3) is 32.3 Å². The first-order valence-corrected chi connectivity index (χ1v) is 9.25. The fourth-order valence-corrected chi connectivity index (χ4v) is 3.56. The minimum absolute atomic E-state index is 0.0856. The minimum Gasteiger partial charge on any atom is -0.487 e. The second-order valence-electron chi connectivity index (χ2n) is 7.27. The predicted molar refractivity (Wildman–Crippen MR) is 110 cm³/mol. The van der Waals surface area contributed by atoms with Gasteiger partial charge in [0.15, 0.2) is 11.5 Å². The highest BCUT2D eigenvalue weighted by atomic mass is 16.5. The molecule has 0 N–H and O–H groups in total. The van der Waals surface area contributed by atoms with Gasteiger partial charge in [-0.05, 0) is 72.8 Å². The van der Waals surface area contributed by atoms with Gasteiger partial charge >= 0.3 is 0 Å². The van der Waals surface area contributed by atoms with Crippen molar-refractivity contribution in [3.8, 4) is 11.5 Å². The number of benzene rings is 4. The van der Waals surface area contributed by atoms with Crippen LogP contribution in [0.2, 0.25) is 0 Å². The largest absolute Gasteiger partial charge is 0.487 e. The summed E-state index contributed by atoms with van der Waals surface area (Å²) >= 11 is 0. The highest BCUT2D eigenvalue weighted by Gasteiger charge is 2.15. The van der Waals surface area contributed by atoms with Crippen LogP contribution in [-0.4, -0.2) is 12.2 Å². The van der Waals surface area contributed by atoms with Gasteiger partial charge in [-0.3, -0.25) is 0 Å². The number of hydrogen-bond acceptors (Lipinski definition) is 2. The molecule has 132 valence electrons. The van der Waals surface area contributed by atoms with Gasteiger partial charge in [0.05, 0.1) is 12.2 Å². The van der Waals surface area contributed by atoms with Gasteiger partial charge in [0.25, 0.3) is 0 Å². The van der Waals surface area contributed by atoms with Gasteiger partial charge in [0, 0.05) is 5.39 Å². The Morgan fingerprint density at radius 3 is 1.88 bits per heavy atom. The third kappa shape index (κ3) is 2.86. The van der Waals surface area contributed by atoms with Crippen LogP contribution in [-0.2, 0) is 0 Å². The molecule has 0 aliphatic carbocycles. The highest BCUT2D eigenvalue weighted by Crippen LogP contribution is 2.41. The summed E-state index contributed by atoms with van der Waals surface area (Å²) in [6.07, 6.45) is 0.189. The molecule has 26 heavy (non-hydrogen) atoms. The smallest absolute Gasteiger partial charge is 0.169 e. The highest BCUT2D eigenvalue weighted by molar-refractivity contribution is 6.18. The average molecular weight is 344 g/mol. The Kier molecular flexibility index (Phi) is 4.20. The van der Waals surface area contributed by atoms with Crippen LogP contribution >= 0.6 is 0 Å². The van der Waals surface area contributed by atoms with Crippen molar-refractivity contribution in [2.45, 2.75) is 39.9 Å². The van der Waals surface area contributed by atoms with Gasteiger partial charge in [-0.25, -0.2) is 0 Å². The second kappa shape index (κ2) is 6.53. The SMILES string of the molecule is CC(C)Oc1ccc2c(ccc3c4ccccc4ccc23)c1OC(C)C. The van der Waals surface area contributed by atoms with E-state index in [2.05, 4.69) is 54.6 Å². The summed E-state index contributed by atoms with van der Waals surface area (Å²) in [6, 6.07) is 21.5. The van der Waals surface area contributed by atoms with Gasteiger partial charge in [0.2, 0.25) is 0 Å². The van der Waals surface area contributed by atoms with Crippen LogP contribution in [0.1, 0.15) is 27.7 Å². The van der Waals surface area contributed by atoms with Gasteiger partial charge in [-0.1, -0.05) is 42.5 Å². The maximum absolute atomic E-state index is 6.17. The molecule has 4 aromatic rings. The summed E-state index contributed by atoms with van der Waals surface area (Å²) in [7, 11) is 0. The molecular formula is C24H24O2. The van der Waals surface area contributed by atoms with E-state index in [4.69, 9.17) is 9.47 Å². The summed E-state index contributed by atoms with van der Waals surface area (Å²) < 4.78 is 12.2. The van der Waals surface area contributed by atoms with E-state index in [-0.39, 0.29) is 12.2 Å². The van der Waals surface area contributed by atoms with Crippen molar-refractivity contribution in [3.63, 3.8) is 0 Å². The molecule has 0 radical (unpaired) electrons. The molecule has 0 saturated carbocycles. The van der Waals surface area contributed by atoms with E-state index in [9.17, 15) is 0 Å². The summed E-state index contributed by atoms with van der Waals surface area (Å²) in [4.78, 5) is 0. The zero-order valence-electron chi connectivity index (χ0n) is 15.7. The first-order chi connectivity index (χ1) is 12.5. The van der Waals surface area contributed by atoms with Crippen molar-refractivity contribution >= 4 is 32.3 Å². The van der Waals surface area contributed by atoms with Crippen LogP contribution in [0.3, 0.4) is 0 Å². The standard InChI is InChI=1S/C24H24O2/c1-15(2)25-23-14-13-21-20-10-9-17-7-5-6-8-18(17)19(20)11-12-22(21)24(23)26-16(3)4/h5-16H,1-4H3. The van der Waals surface area contributed by atoms with E-state index < -0.39 is 0 Å². The molecule has 0 bridgehead atoms. The topological polar surface area (TPSA) is 18.5 Å². The van der Waals surface area contributed by atoms with Gasteiger partial charge in [0.1, 0.15) is 0 Å². The molecule has 0 amide bonds. The lowest BCUT2D eigenvalue weighted by Gasteiger charge is -2.19. The summed E-state index contributed by atoms with van der Waals surface area (Å²) in [5.74, 6) is 1.64. The van der Waals surface area contributed by atoms with Crippen molar-refractivity contribution in [1.29, 1.82) is 0 Å². The third-order valence-corrected chi connectivity index (χ3v) is 4.55. The van der Waals surface area contributed by atoms with Crippen molar-refractivity contribution < 1.29 is 9.47 Å². The quantitative estimate of drug-likeness (QED) is 0.383. The molecule has 0 spiro atoms. The van der Waals surface area contributed by atoms with Crippen LogP contribution < -0.4 is 9.47 Å². The van der Waals surface area contributed by atoms with E-state index >= 15 is 0 Å². The monoisotopic (exact) mass is 344 g/mol. The van der Waals surface area contributed by atoms with Crippen LogP contribution in [0, 0.1) is 0 Å². The van der Waals surface area contributed by atoms with Gasteiger partial charge in [-0.2, -0.15) is 0 Å². The van der Waals surface area contributed by atoms with E-state index in [1.54, 1.807) is 0 Å². The fourth-order valence-electron chi connectivity index (χ4n) is 3.56. The zero-order chi connectivity index (χ0) is 18.3. The van der Waals surface area contributed by atoms with Gasteiger partial charge < -0.3 is 9.47 Å². The first-order valence-electron chi connectivity index (χ1n) is 9.25. The number of ether oxygens (including phenoxy) is 2. The lowest BCUT2D eigenvalue weighted by Crippen LogP contribution is -2.11. The molecule has 0 saturated heterocycles. The summed E-state index contributed by atoms with van der Waals surface area (Å²) in [5, 5.41) is 7.34. The second-order valence-corrected chi connectivity index (χ2v) is 7.27. The molecule has 2 heteroatoms. The Morgan fingerprint density at radius 2 is 1.12 bits per heavy atom. The summed E-state index contributed by atoms with van der Waals surface area (Å²) in [5.41, 5.74) is 0. The molecule has 0 aromatic heterocycles. The lowest BCUT2D eigenvalue weighted by molar-refractivity contribution is 0.201. The molecule has 0 atom stereocenters. The summed E-state index contributed by atoms with van der Waals surface area (Å²) in [6.45, 7) is 8.17. The van der Waals surface area contributed by atoms with E-state index in [0.717, 1.165) is 16.9 Å². The molecular weight excluding hydrogens is 320 g/mol. The normalized spacial score (nSPS) is 11.8. The number of fused-ring (bicyclic) bond motifs is 5. The van der Waals surface area contributed by atoms with Crippen LogP contribution in [0.5, 0.6) is 11.5 Å². The molecule has 0 unspecified atom stereocenters. The Morgan fingerprint density at radius 1 is 0.538 bits per heavy atom. The zero-order valence-corrected chi connectivity index (χ0v) is 15.7. The molecule has 2 nitrogen and oxygen atoms in total. The maximum atomic E-state index is 6.17. The molecule has 0 aliphatic rings. The molecule has 4 rings (SSSR count). The Balaban J connectivity index is 2.04. The predicted octanol–water partition coefficient (Wildman–Crippen LogP) is 6.72. The number of hydrogen-bond donors (Lipinski definition) is 0. The molecule has 0 aliphatic heterocycles. The van der Waals surface area contributed by atoms with Crippen LogP contribution in [0.4, 0.5) is 0 Å². The van der Waals surface area contributed by atoms with E-state index in [0.29, 0.717) is 0 Å². The van der Waals surface area contributed by atoms with Crippen molar-refractivity contribution in [1.82, 2.24) is 0 Å². The molecule has 0 heterocycles. The Labute approximate surface area is 154 Å². The fraction of sp³-hybridized carbons (Fsp3) is 0.250. The van der Waals surface area contributed by atoms with Crippen LogP contribution in [0.15, 0.2) is 60.7 Å². The van der Waals surface area contributed by atoms with Crippen molar-refractivity contribution in [3.05, 3.63) is 60.7 Å². The molecule has 4 aromatic carbocycles. The Hall–Kier alpha value is -2.74. The third-order valence-electron chi connectivity index (χ3n) is 4.55. The maximum Gasteiger partial charge on any atom is 0.169 e.